The minimum absolute atomic E-state index is 0.0192. The van der Waals surface area contributed by atoms with Crippen LogP contribution in [0.3, 0.4) is 0 Å². The molecule has 1 unspecified atom stereocenters. The summed E-state index contributed by atoms with van der Waals surface area (Å²) >= 11 is 5.78. The number of aromatic amines is 1. The van der Waals surface area contributed by atoms with E-state index in [1.807, 2.05) is 7.05 Å². The van der Waals surface area contributed by atoms with Crippen molar-refractivity contribution < 1.29 is 9.53 Å². The zero-order chi connectivity index (χ0) is 13.0. The van der Waals surface area contributed by atoms with Crippen LogP contribution in [0.4, 0.5) is 0 Å². The first kappa shape index (κ1) is 13.4. The molecule has 1 fully saturated rings. The molecule has 1 saturated heterocycles. The van der Waals surface area contributed by atoms with Gasteiger partial charge in [0.25, 0.3) is 5.91 Å². The van der Waals surface area contributed by atoms with E-state index in [1.54, 1.807) is 17.2 Å². The highest BCUT2D eigenvalue weighted by Gasteiger charge is 2.17. The van der Waals surface area contributed by atoms with E-state index in [0.29, 0.717) is 16.8 Å². The Labute approximate surface area is 112 Å². The summed E-state index contributed by atoms with van der Waals surface area (Å²) in [6.07, 6.45) is 6.34. The Morgan fingerprint density at radius 2 is 2.50 bits per heavy atom. The normalized spacial score (nSPS) is 19.1. The highest BCUT2D eigenvalue weighted by molar-refractivity contribution is 6.30. The van der Waals surface area contributed by atoms with E-state index in [4.69, 9.17) is 16.3 Å². The van der Waals surface area contributed by atoms with Crippen molar-refractivity contribution in [1.29, 1.82) is 0 Å². The minimum atomic E-state index is -0.0192. The summed E-state index contributed by atoms with van der Waals surface area (Å²) in [7, 11) is 1.81. The van der Waals surface area contributed by atoms with Crippen molar-refractivity contribution in [3.05, 3.63) is 23.0 Å². The van der Waals surface area contributed by atoms with Crippen molar-refractivity contribution in [1.82, 2.24) is 9.88 Å². The summed E-state index contributed by atoms with van der Waals surface area (Å²) in [6.45, 7) is 1.63. The number of ether oxygens (including phenoxy) is 1. The number of hydrogen-bond acceptors (Lipinski definition) is 2. The second kappa shape index (κ2) is 6.25. The topological polar surface area (TPSA) is 45.3 Å². The van der Waals surface area contributed by atoms with Crippen molar-refractivity contribution in [2.75, 3.05) is 20.2 Å². The van der Waals surface area contributed by atoms with Crippen LogP contribution in [-0.2, 0) is 4.74 Å². The maximum Gasteiger partial charge on any atom is 0.270 e. The number of rotatable bonds is 5. The molecule has 0 saturated carbocycles. The first-order valence-electron chi connectivity index (χ1n) is 6.38. The van der Waals surface area contributed by atoms with Gasteiger partial charge in [-0.1, -0.05) is 11.6 Å². The quantitative estimate of drug-likeness (QED) is 0.894. The number of nitrogens with zero attached hydrogens (tertiary/aromatic N) is 1. The molecular formula is C13H19ClN2O2. The van der Waals surface area contributed by atoms with Gasteiger partial charge in [0.2, 0.25) is 0 Å². The van der Waals surface area contributed by atoms with E-state index < -0.39 is 0 Å². The fourth-order valence-electron chi connectivity index (χ4n) is 2.23. The average Bonchev–Trinajstić information content (AvgIpc) is 2.99. The molecule has 4 nitrogen and oxygen atoms in total. The third-order valence-corrected chi connectivity index (χ3v) is 3.49. The molecule has 1 aromatic rings. The summed E-state index contributed by atoms with van der Waals surface area (Å²) in [5, 5.41) is 0.561. The Bertz CT molecular complexity index is 399. The van der Waals surface area contributed by atoms with Crippen LogP contribution in [0.15, 0.2) is 12.3 Å². The van der Waals surface area contributed by atoms with Gasteiger partial charge in [0, 0.05) is 26.4 Å². The highest BCUT2D eigenvalue weighted by Crippen LogP contribution is 2.17. The van der Waals surface area contributed by atoms with Crippen LogP contribution in [-0.4, -0.2) is 42.1 Å². The molecule has 2 rings (SSSR count). The summed E-state index contributed by atoms with van der Waals surface area (Å²) < 4.78 is 5.56. The number of halogens is 1. The Morgan fingerprint density at radius 3 is 3.11 bits per heavy atom. The van der Waals surface area contributed by atoms with Crippen LogP contribution in [0.5, 0.6) is 0 Å². The zero-order valence-electron chi connectivity index (χ0n) is 10.6. The number of carbonyl (C=O) groups excluding carboxylic acids is 1. The first-order chi connectivity index (χ1) is 8.66. The lowest BCUT2D eigenvalue weighted by Gasteiger charge is -2.17. The molecule has 0 aliphatic carbocycles. The average molecular weight is 271 g/mol. The molecule has 1 aliphatic rings. The summed E-state index contributed by atoms with van der Waals surface area (Å²) in [6, 6.07) is 1.65. The van der Waals surface area contributed by atoms with E-state index in [1.165, 1.54) is 6.42 Å². The molecule has 0 radical (unpaired) electrons. The monoisotopic (exact) mass is 270 g/mol. The number of carbonyl (C=O) groups is 1. The predicted molar refractivity (Wildman–Crippen MR) is 71.0 cm³/mol. The molecule has 1 aliphatic heterocycles. The second-order valence-electron chi connectivity index (χ2n) is 4.74. The lowest BCUT2D eigenvalue weighted by atomic mass is 10.1. The third kappa shape index (κ3) is 3.50. The van der Waals surface area contributed by atoms with Gasteiger partial charge in [0.1, 0.15) is 5.69 Å². The highest BCUT2D eigenvalue weighted by atomic mass is 35.5. The van der Waals surface area contributed by atoms with E-state index in [2.05, 4.69) is 4.98 Å². The van der Waals surface area contributed by atoms with E-state index in [0.717, 1.165) is 32.4 Å². The maximum atomic E-state index is 12.0. The number of hydrogen-bond donors (Lipinski definition) is 1. The molecular weight excluding hydrogens is 252 g/mol. The maximum absolute atomic E-state index is 12.0. The van der Waals surface area contributed by atoms with Crippen molar-refractivity contribution in [2.45, 2.75) is 31.8 Å². The van der Waals surface area contributed by atoms with Gasteiger partial charge in [-0.05, 0) is 31.7 Å². The van der Waals surface area contributed by atoms with Gasteiger partial charge in [-0.15, -0.1) is 0 Å². The minimum Gasteiger partial charge on any atom is -0.378 e. The predicted octanol–water partition coefficient (Wildman–Crippen LogP) is 2.70. The SMILES string of the molecule is CN(CCCC1CCCO1)C(=O)c1cc(Cl)c[nH]1. The van der Waals surface area contributed by atoms with Gasteiger partial charge in [-0.3, -0.25) is 4.79 Å². The second-order valence-corrected chi connectivity index (χ2v) is 5.17. The van der Waals surface area contributed by atoms with Gasteiger partial charge < -0.3 is 14.6 Å². The van der Waals surface area contributed by atoms with Crippen LogP contribution in [0.1, 0.15) is 36.2 Å². The molecule has 18 heavy (non-hydrogen) atoms. The van der Waals surface area contributed by atoms with Crippen molar-refractivity contribution in [3.8, 4) is 0 Å². The van der Waals surface area contributed by atoms with Crippen molar-refractivity contribution in [3.63, 3.8) is 0 Å². The molecule has 0 bridgehead atoms. The van der Waals surface area contributed by atoms with Gasteiger partial charge in [0.05, 0.1) is 11.1 Å². The fourth-order valence-corrected chi connectivity index (χ4v) is 2.39. The van der Waals surface area contributed by atoms with Gasteiger partial charge in [-0.2, -0.15) is 0 Å². The first-order valence-corrected chi connectivity index (χ1v) is 6.75. The molecule has 1 N–H and O–H groups in total. The molecule has 1 aromatic heterocycles. The van der Waals surface area contributed by atoms with Crippen LogP contribution in [0.25, 0.3) is 0 Å². The Balaban J connectivity index is 1.73. The third-order valence-electron chi connectivity index (χ3n) is 3.27. The molecule has 2 heterocycles. The number of amides is 1. The fraction of sp³-hybridized carbons (Fsp3) is 0.615. The Kier molecular flexibility index (Phi) is 4.66. The van der Waals surface area contributed by atoms with E-state index >= 15 is 0 Å². The van der Waals surface area contributed by atoms with Gasteiger partial charge in [-0.25, -0.2) is 0 Å². The number of aromatic nitrogens is 1. The smallest absolute Gasteiger partial charge is 0.270 e. The Morgan fingerprint density at radius 1 is 1.67 bits per heavy atom. The zero-order valence-corrected chi connectivity index (χ0v) is 11.4. The number of nitrogens with one attached hydrogen (secondary N) is 1. The molecule has 1 amide bonds. The lowest BCUT2D eigenvalue weighted by Crippen LogP contribution is -2.28. The van der Waals surface area contributed by atoms with Gasteiger partial charge >= 0.3 is 0 Å². The molecule has 1 atom stereocenters. The van der Waals surface area contributed by atoms with Crippen LogP contribution in [0, 0.1) is 0 Å². The molecule has 0 spiro atoms. The molecule has 5 heteroatoms. The van der Waals surface area contributed by atoms with Crippen LogP contribution < -0.4 is 0 Å². The van der Waals surface area contributed by atoms with Crippen molar-refractivity contribution in [2.24, 2.45) is 0 Å². The molecule has 100 valence electrons. The van der Waals surface area contributed by atoms with Crippen LogP contribution in [0.2, 0.25) is 5.02 Å². The standard InChI is InChI=1S/C13H19ClN2O2/c1-16(6-2-4-11-5-3-7-18-11)13(17)12-8-10(14)9-15-12/h8-9,11,15H,2-7H2,1H3. The Hall–Kier alpha value is -1.00. The summed E-state index contributed by atoms with van der Waals surface area (Å²) in [4.78, 5) is 16.6. The van der Waals surface area contributed by atoms with E-state index in [-0.39, 0.29) is 5.91 Å². The van der Waals surface area contributed by atoms with Crippen molar-refractivity contribution >= 4 is 17.5 Å². The van der Waals surface area contributed by atoms with E-state index in [9.17, 15) is 4.79 Å². The summed E-state index contributed by atoms with van der Waals surface area (Å²) in [5.74, 6) is -0.0192. The lowest BCUT2D eigenvalue weighted by molar-refractivity contribution is 0.0758. The number of H-pyrrole nitrogens is 1. The van der Waals surface area contributed by atoms with Crippen LogP contribution >= 0.6 is 11.6 Å². The van der Waals surface area contributed by atoms with Gasteiger partial charge in [0.15, 0.2) is 0 Å². The summed E-state index contributed by atoms with van der Waals surface area (Å²) in [5.41, 5.74) is 0.541. The molecule has 0 aromatic carbocycles. The largest absolute Gasteiger partial charge is 0.378 e.